The van der Waals surface area contributed by atoms with Crippen LogP contribution in [0.3, 0.4) is 0 Å². The van der Waals surface area contributed by atoms with E-state index < -0.39 is 0 Å². The van der Waals surface area contributed by atoms with Crippen molar-refractivity contribution in [2.45, 2.75) is 45.3 Å². The highest BCUT2D eigenvalue weighted by Crippen LogP contribution is 2.31. The molecule has 0 bridgehead atoms. The van der Waals surface area contributed by atoms with Crippen LogP contribution in [0.5, 0.6) is 0 Å². The van der Waals surface area contributed by atoms with Gasteiger partial charge in [0.1, 0.15) is 11.5 Å². The van der Waals surface area contributed by atoms with Gasteiger partial charge in [0.25, 0.3) is 0 Å². The maximum Gasteiger partial charge on any atom is 0.122 e. The van der Waals surface area contributed by atoms with Crippen molar-refractivity contribution in [3.05, 3.63) is 59.0 Å². The molecule has 3 heteroatoms. The van der Waals surface area contributed by atoms with Gasteiger partial charge in [-0.05, 0) is 43.0 Å². The monoisotopic (exact) mass is 284 g/mol. The summed E-state index contributed by atoms with van der Waals surface area (Å²) in [6.45, 7) is 6.12. The molecule has 1 aliphatic heterocycles. The number of fused-ring (bicyclic) bond motifs is 1. The topological polar surface area (TPSA) is 42.4 Å². The highest BCUT2D eigenvalue weighted by atomic mass is 16.3. The molecule has 0 saturated carbocycles. The molecule has 0 aliphatic carbocycles. The summed E-state index contributed by atoms with van der Waals surface area (Å²) in [7, 11) is 0. The molecule has 0 radical (unpaired) electrons. The fourth-order valence-corrected chi connectivity index (χ4v) is 3.25. The minimum absolute atomic E-state index is 0.0980. The molecular weight excluding hydrogens is 260 g/mol. The zero-order valence-corrected chi connectivity index (χ0v) is 12.9. The number of nitrogens with two attached hydrogens (primary N) is 1. The van der Waals surface area contributed by atoms with Crippen molar-refractivity contribution in [2.75, 3.05) is 6.54 Å². The third-order valence-corrected chi connectivity index (χ3v) is 4.48. The van der Waals surface area contributed by atoms with Gasteiger partial charge in [-0.3, -0.25) is 4.90 Å². The SMILES string of the molecule is CCC(N)C(c1ccc(C)o1)N1CCc2ccccc2C1. The lowest BCUT2D eigenvalue weighted by molar-refractivity contribution is 0.132. The molecule has 3 rings (SSSR count). The van der Waals surface area contributed by atoms with Gasteiger partial charge in [0.15, 0.2) is 0 Å². The summed E-state index contributed by atoms with van der Waals surface area (Å²) in [5.41, 5.74) is 9.29. The maximum atomic E-state index is 6.41. The van der Waals surface area contributed by atoms with E-state index in [9.17, 15) is 0 Å². The van der Waals surface area contributed by atoms with Gasteiger partial charge in [-0.1, -0.05) is 31.2 Å². The average Bonchev–Trinajstić information content (AvgIpc) is 2.93. The van der Waals surface area contributed by atoms with Crippen molar-refractivity contribution < 1.29 is 4.42 Å². The Labute approximate surface area is 126 Å². The number of rotatable bonds is 4. The van der Waals surface area contributed by atoms with Gasteiger partial charge in [0.2, 0.25) is 0 Å². The summed E-state index contributed by atoms with van der Waals surface area (Å²) >= 11 is 0. The first-order chi connectivity index (χ1) is 10.2. The summed E-state index contributed by atoms with van der Waals surface area (Å²) in [4.78, 5) is 2.47. The van der Waals surface area contributed by atoms with Crippen molar-refractivity contribution in [3.63, 3.8) is 0 Å². The molecule has 21 heavy (non-hydrogen) atoms. The molecule has 1 aliphatic rings. The van der Waals surface area contributed by atoms with Crippen molar-refractivity contribution >= 4 is 0 Å². The standard InChI is InChI=1S/C18H24N2O/c1-3-16(19)18(17-9-8-13(2)21-17)20-11-10-14-6-4-5-7-15(14)12-20/h4-9,16,18H,3,10-12,19H2,1-2H3. The largest absolute Gasteiger partial charge is 0.465 e. The number of hydrogen-bond acceptors (Lipinski definition) is 3. The van der Waals surface area contributed by atoms with Crippen LogP contribution in [-0.4, -0.2) is 17.5 Å². The third-order valence-electron chi connectivity index (χ3n) is 4.48. The fourth-order valence-electron chi connectivity index (χ4n) is 3.25. The van der Waals surface area contributed by atoms with E-state index in [1.165, 1.54) is 11.1 Å². The molecule has 2 atom stereocenters. The molecular formula is C18H24N2O. The van der Waals surface area contributed by atoms with Gasteiger partial charge in [-0.25, -0.2) is 0 Å². The van der Waals surface area contributed by atoms with Crippen LogP contribution in [0.15, 0.2) is 40.8 Å². The highest BCUT2D eigenvalue weighted by Gasteiger charge is 2.30. The molecule has 2 N–H and O–H groups in total. The van der Waals surface area contributed by atoms with Gasteiger partial charge in [-0.2, -0.15) is 0 Å². The van der Waals surface area contributed by atoms with Crippen LogP contribution in [0, 0.1) is 6.92 Å². The van der Waals surface area contributed by atoms with Gasteiger partial charge in [0, 0.05) is 19.1 Å². The summed E-state index contributed by atoms with van der Waals surface area (Å²) in [6, 6.07) is 13.1. The Morgan fingerprint density at radius 1 is 1.19 bits per heavy atom. The summed E-state index contributed by atoms with van der Waals surface area (Å²) in [5, 5.41) is 0. The molecule has 0 amide bonds. The summed E-state index contributed by atoms with van der Waals surface area (Å²) in [5.74, 6) is 1.96. The lowest BCUT2D eigenvalue weighted by Crippen LogP contribution is -2.43. The van der Waals surface area contributed by atoms with E-state index in [0.717, 1.165) is 37.5 Å². The van der Waals surface area contributed by atoms with E-state index in [2.05, 4.69) is 42.2 Å². The zero-order chi connectivity index (χ0) is 14.8. The number of nitrogens with zero attached hydrogens (tertiary/aromatic N) is 1. The number of hydrogen-bond donors (Lipinski definition) is 1. The van der Waals surface area contributed by atoms with E-state index in [0.29, 0.717) is 0 Å². The molecule has 0 saturated heterocycles. The summed E-state index contributed by atoms with van der Waals surface area (Å²) < 4.78 is 5.89. The van der Waals surface area contributed by atoms with E-state index in [-0.39, 0.29) is 12.1 Å². The zero-order valence-electron chi connectivity index (χ0n) is 12.9. The van der Waals surface area contributed by atoms with Crippen molar-refractivity contribution in [1.29, 1.82) is 0 Å². The molecule has 0 spiro atoms. The van der Waals surface area contributed by atoms with Gasteiger partial charge < -0.3 is 10.2 Å². The molecule has 2 unspecified atom stereocenters. The van der Waals surface area contributed by atoms with Crippen LogP contribution in [0.4, 0.5) is 0 Å². The first kappa shape index (κ1) is 14.4. The quantitative estimate of drug-likeness (QED) is 0.935. The van der Waals surface area contributed by atoms with Crippen LogP contribution < -0.4 is 5.73 Å². The Morgan fingerprint density at radius 3 is 2.62 bits per heavy atom. The molecule has 1 aromatic heterocycles. The van der Waals surface area contributed by atoms with Gasteiger partial charge >= 0.3 is 0 Å². The Balaban J connectivity index is 1.88. The average molecular weight is 284 g/mol. The summed E-state index contributed by atoms with van der Waals surface area (Å²) in [6.07, 6.45) is 2.03. The second-order valence-electron chi connectivity index (χ2n) is 5.95. The number of aryl methyl sites for hydroxylation is 1. The molecule has 2 heterocycles. The first-order valence-corrected chi connectivity index (χ1v) is 7.81. The Morgan fingerprint density at radius 2 is 1.95 bits per heavy atom. The van der Waals surface area contributed by atoms with Gasteiger partial charge in [-0.15, -0.1) is 0 Å². The lowest BCUT2D eigenvalue weighted by atomic mass is 9.95. The van der Waals surface area contributed by atoms with Crippen molar-refractivity contribution in [3.8, 4) is 0 Å². The number of furan rings is 1. The predicted molar refractivity (Wildman–Crippen MR) is 85.0 cm³/mol. The highest BCUT2D eigenvalue weighted by molar-refractivity contribution is 5.29. The fraction of sp³-hybridized carbons (Fsp3) is 0.444. The van der Waals surface area contributed by atoms with Crippen LogP contribution in [0.1, 0.15) is 42.0 Å². The van der Waals surface area contributed by atoms with Crippen LogP contribution >= 0.6 is 0 Å². The minimum Gasteiger partial charge on any atom is -0.465 e. The molecule has 1 aromatic carbocycles. The Kier molecular flexibility index (Phi) is 4.13. The Bertz CT molecular complexity index is 605. The van der Waals surface area contributed by atoms with E-state index in [1.54, 1.807) is 0 Å². The molecule has 3 nitrogen and oxygen atoms in total. The smallest absolute Gasteiger partial charge is 0.122 e. The normalized spacial score (nSPS) is 18.2. The van der Waals surface area contributed by atoms with Crippen LogP contribution in [-0.2, 0) is 13.0 Å². The molecule has 112 valence electrons. The molecule has 0 fully saturated rings. The van der Waals surface area contributed by atoms with Crippen molar-refractivity contribution in [2.24, 2.45) is 5.73 Å². The number of benzene rings is 1. The predicted octanol–water partition coefficient (Wildman–Crippen LogP) is 3.42. The van der Waals surface area contributed by atoms with Crippen LogP contribution in [0.2, 0.25) is 0 Å². The Hall–Kier alpha value is -1.58. The van der Waals surface area contributed by atoms with E-state index in [1.807, 2.05) is 13.0 Å². The minimum atomic E-state index is 0.0980. The lowest BCUT2D eigenvalue weighted by Gasteiger charge is -2.37. The second kappa shape index (κ2) is 6.04. The maximum absolute atomic E-state index is 6.41. The van der Waals surface area contributed by atoms with E-state index in [4.69, 9.17) is 10.2 Å². The van der Waals surface area contributed by atoms with Gasteiger partial charge in [0.05, 0.1) is 6.04 Å². The second-order valence-corrected chi connectivity index (χ2v) is 5.95. The third kappa shape index (κ3) is 2.89. The van der Waals surface area contributed by atoms with E-state index >= 15 is 0 Å². The molecule has 2 aromatic rings. The first-order valence-electron chi connectivity index (χ1n) is 7.81. The van der Waals surface area contributed by atoms with Crippen LogP contribution in [0.25, 0.3) is 0 Å². The van der Waals surface area contributed by atoms with Crippen molar-refractivity contribution in [1.82, 2.24) is 4.90 Å².